The summed E-state index contributed by atoms with van der Waals surface area (Å²) in [4.78, 5) is 41.1. The molecule has 0 bridgehead atoms. The number of nitrogens with two attached hydrogens (primary N) is 1. The van der Waals surface area contributed by atoms with Gasteiger partial charge in [-0.15, -0.1) is 0 Å². The molecule has 0 saturated heterocycles. The van der Waals surface area contributed by atoms with Crippen LogP contribution in [0.4, 0.5) is 10.1 Å². The Balaban J connectivity index is 1.85. The number of hydrogen-bond donors (Lipinski definition) is 7. The molecule has 0 fully saturated rings. The maximum atomic E-state index is 14.3. The molecule has 0 saturated carbocycles. The largest absolute Gasteiger partial charge is 0.503 e. The van der Waals surface area contributed by atoms with Crippen LogP contribution in [0.5, 0.6) is 34.5 Å². The van der Waals surface area contributed by atoms with Crippen LogP contribution in [-0.4, -0.2) is 80.2 Å². The van der Waals surface area contributed by atoms with Crippen molar-refractivity contribution in [1.29, 1.82) is 0 Å². The number of rotatable bonds is 10. The van der Waals surface area contributed by atoms with Crippen molar-refractivity contribution >= 4 is 35.7 Å². The lowest BCUT2D eigenvalue weighted by Gasteiger charge is -2.25. The maximum absolute atomic E-state index is 14.3. The molecule has 1 heterocycles. The predicted octanol–water partition coefficient (Wildman–Crippen LogP) is 0.499. The van der Waals surface area contributed by atoms with Crippen LogP contribution >= 0.6 is 0 Å². The molecule has 8 N–H and O–H groups in total. The van der Waals surface area contributed by atoms with Crippen molar-refractivity contribution in [3.63, 3.8) is 0 Å². The number of fused-ring (bicyclic) bond motifs is 1. The Bertz CT molecular complexity index is 1320. The van der Waals surface area contributed by atoms with Gasteiger partial charge in [-0.1, -0.05) is 0 Å². The third kappa shape index (κ3) is 5.21. The van der Waals surface area contributed by atoms with Crippen molar-refractivity contribution in [2.75, 3.05) is 13.7 Å². The van der Waals surface area contributed by atoms with E-state index >= 15 is 0 Å². The van der Waals surface area contributed by atoms with E-state index in [2.05, 4.69) is 15.4 Å². The summed E-state index contributed by atoms with van der Waals surface area (Å²) >= 11 is 0. The molecule has 1 unspecified atom stereocenters. The molecular weight excluding hydrogens is 509 g/mol. The highest BCUT2D eigenvalue weighted by Crippen LogP contribution is 2.54. The number of phenols is 5. The van der Waals surface area contributed by atoms with Gasteiger partial charge >= 0.3 is 0 Å². The number of aromatic hydroxyl groups is 5. The number of hydrazone groups is 1. The van der Waals surface area contributed by atoms with Crippen LogP contribution in [0.15, 0.2) is 22.2 Å². The topological polar surface area (TPSA) is 228 Å². The lowest BCUT2D eigenvalue weighted by atomic mass is 10.1. The molecule has 1 atom stereocenters. The van der Waals surface area contributed by atoms with Crippen LogP contribution in [0.1, 0.15) is 28.8 Å². The van der Waals surface area contributed by atoms with Gasteiger partial charge in [-0.25, -0.2) is 9.38 Å². The second-order valence-corrected chi connectivity index (χ2v) is 8.00. The number of hydrogen-bond acceptors (Lipinski definition) is 12. The summed E-state index contributed by atoms with van der Waals surface area (Å²) in [5, 5.41) is 54.4. The van der Waals surface area contributed by atoms with E-state index in [0.717, 1.165) is 18.3 Å². The molecule has 1 aliphatic heterocycles. The van der Waals surface area contributed by atoms with Crippen LogP contribution in [0.2, 0.25) is 0 Å². The van der Waals surface area contributed by atoms with Gasteiger partial charge in [0.25, 0.3) is 5.91 Å². The Morgan fingerprint density at radius 1 is 1.18 bits per heavy atom. The van der Waals surface area contributed by atoms with Crippen LogP contribution in [0.25, 0.3) is 0 Å². The predicted molar refractivity (Wildman–Crippen MR) is 129 cm³/mol. The van der Waals surface area contributed by atoms with Gasteiger partial charge in [0.15, 0.2) is 17.2 Å². The molecule has 15 heteroatoms. The van der Waals surface area contributed by atoms with Crippen molar-refractivity contribution in [2.45, 2.75) is 25.4 Å². The van der Waals surface area contributed by atoms with E-state index in [9.17, 15) is 44.3 Å². The average molecular weight is 533 g/mol. The third-order valence-electron chi connectivity index (χ3n) is 5.71. The molecule has 2 aromatic carbocycles. The number of likely N-dealkylation sites (N-methyl/N-ethyl adjacent to an activating group) is 1. The minimum atomic E-state index is -1.16. The van der Waals surface area contributed by atoms with Gasteiger partial charge in [-0.2, -0.15) is 5.10 Å². The molecule has 0 aromatic heterocycles. The van der Waals surface area contributed by atoms with Crippen LogP contribution in [0.3, 0.4) is 0 Å². The fraction of sp³-hybridized carbons (Fsp3) is 0.261. The molecule has 2 aromatic rings. The minimum Gasteiger partial charge on any atom is -0.503 e. The summed E-state index contributed by atoms with van der Waals surface area (Å²) in [6, 6.07) is 1.03. The summed E-state index contributed by atoms with van der Waals surface area (Å²) in [7, 11) is 1.38. The van der Waals surface area contributed by atoms with E-state index in [0.29, 0.717) is 6.29 Å². The van der Waals surface area contributed by atoms with Crippen LogP contribution < -0.4 is 15.9 Å². The molecular formula is C23H24FN5O9. The van der Waals surface area contributed by atoms with Crippen molar-refractivity contribution < 1.29 is 49.0 Å². The standard InChI is InChI=1S/C23H24FN5O9/c1-26-22(36)14(3-2-4-30)29-8-13-12(23(29)37)5-10(24)6-15(13)38-9-11(28-25)7-27-16-17(31)19(33)21(35)20(34)18(16)32/h4-7,14,31-35H,2-3,8-9,25H2,1H3,(H,26,36). The molecule has 202 valence electrons. The van der Waals surface area contributed by atoms with Gasteiger partial charge in [0, 0.05) is 25.1 Å². The zero-order valence-electron chi connectivity index (χ0n) is 19.9. The number of aliphatic imine (C=N–C) groups is 1. The highest BCUT2D eigenvalue weighted by Gasteiger charge is 2.38. The number of amides is 2. The van der Waals surface area contributed by atoms with E-state index in [4.69, 9.17) is 10.6 Å². The number of carbonyl (C=O) groups is 3. The van der Waals surface area contributed by atoms with Crippen molar-refractivity contribution in [3.05, 3.63) is 29.1 Å². The SMILES string of the molecule is CNC(=O)C(CCC=O)N1Cc2c(OCC(C=Nc3c(O)c(O)c(O)c(O)c3O)=NN)cc(F)cc2C1=O. The van der Waals surface area contributed by atoms with Gasteiger partial charge in [-0.3, -0.25) is 9.59 Å². The van der Waals surface area contributed by atoms with Crippen LogP contribution in [-0.2, 0) is 16.1 Å². The molecule has 0 radical (unpaired) electrons. The Hall–Kier alpha value is -5.08. The molecule has 1 aliphatic rings. The normalized spacial score (nSPS) is 14.0. The zero-order chi connectivity index (χ0) is 28.1. The van der Waals surface area contributed by atoms with Gasteiger partial charge in [0.05, 0.1) is 18.3 Å². The summed E-state index contributed by atoms with van der Waals surface area (Å²) in [5.41, 5.74) is -0.621. The van der Waals surface area contributed by atoms with E-state index in [1.807, 2.05) is 0 Å². The molecule has 3 rings (SSSR count). The van der Waals surface area contributed by atoms with Crippen molar-refractivity contribution in [2.24, 2.45) is 15.9 Å². The number of halogens is 1. The number of phenolic OH excluding ortho intramolecular Hbond substituents is 5. The molecule has 0 aliphatic carbocycles. The minimum absolute atomic E-state index is 0.0211. The molecule has 2 amide bonds. The van der Waals surface area contributed by atoms with E-state index in [1.54, 1.807) is 0 Å². The first-order chi connectivity index (χ1) is 18.0. The summed E-state index contributed by atoms with van der Waals surface area (Å²) in [6.07, 6.45) is 1.59. The Morgan fingerprint density at radius 3 is 2.39 bits per heavy atom. The quantitative estimate of drug-likeness (QED) is 0.0558. The zero-order valence-corrected chi connectivity index (χ0v) is 19.9. The van der Waals surface area contributed by atoms with Gasteiger partial charge in [0.1, 0.15) is 36.2 Å². The number of carbonyl (C=O) groups excluding carboxylic acids is 3. The summed E-state index contributed by atoms with van der Waals surface area (Å²) < 4.78 is 19.9. The van der Waals surface area contributed by atoms with E-state index < -0.39 is 64.7 Å². The third-order valence-corrected chi connectivity index (χ3v) is 5.71. The van der Waals surface area contributed by atoms with Crippen molar-refractivity contribution in [1.82, 2.24) is 10.2 Å². The summed E-state index contributed by atoms with van der Waals surface area (Å²) in [5.74, 6) is -2.20. The Labute approximate surface area is 214 Å². The van der Waals surface area contributed by atoms with Gasteiger partial charge in [-0.05, 0) is 12.5 Å². The Kier molecular flexibility index (Phi) is 8.19. The number of nitrogens with zero attached hydrogens (tertiary/aromatic N) is 3. The van der Waals surface area contributed by atoms with E-state index in [1.165, 1.54) is 11.9 Å². The number of nitrogens with one attached hydrogen (secondary N) is 1. The average Bonchev–Trinajstić information content (AvgIpc) is 3.23. The van der Waals surface area contributed by atoms with Crippen LogP contribution in [0, 0.1) is 5.82 Å². The van der Waals surface area contributed by atoms with Gasteiger partial charge < -0.3 is 51.1 Å². The lowest BCUT2D eigenvalue weighted by molar-refractivity contribution is -0.125. The first-order valence-electron chi connectivity index (χ1n) is 11.0. The Morgan fingerprint density at radius 2 is 1.82 bits per heavy atom. The fourth-order valence-electron chi connectivity index (χ4n) is 3.76. The molecule has 0 spiro atoms. The first-order valence-corrected chi connectivity index (χ1v) is 11.0. The van der Waals surface area contributed by atoms with Crippen molar-refractivity contribution in [3.8, 4) is 34.5 Å². The molecule has 14 nitrogen and oxygen atoms in total. The first kappa shape index (κ1) is 27.5. The highest BCUT2D eigenvalue weighted by atomic mass is 19.1. The fourth-order valence-corrected chi connectivity index (χ4v) is 3.76. The number of benzene rings is 2. The number of ether oxygens (including phenoxy) is 1. The second-order valence-electron chi connectivity index (χ2n) is 8.00. The second kappa shape index (κ2) is 11.3. The summed E-state index contributed by atoms with van der Waals surface area (Å²) in [6.45, 7) is -0.566. The monoisotopic (exact) mass is 533 g/mol. The molecule has 38 heavy (non-hydrogen) atoms. The smallest absolute Gasteiger partial charge is 0.255 e. The van der Waals surface area contributed by atoms with Gasteiger partial charge in [0.2, 0.25) is 23.2 Å². The van der Waals surface area contributed by atoms with E-state index in [-0.39, 0.29) is 42.0 Å². The highest BCUT2D eigenvalue weighted by molar-refractivity contribution is 6.32. The number of aldehydes is 1. The maximum Gasteiger partial charge on any atom is 0.255 e. The lowest BCUT2D eigenvalue weighted by Crippen LogP contribution is -2.46.